The molecule has 0 bridgehead atoms. The van der Waals surface area contributed by atoms with Crippen molar-refractivity contribution in [3.05, 3.63) is 83.2 Å². The van der Waals surface area contributed by atoms with Gasteiger partial charge in [0.2, 0.25) is 5.82 Å². The topological polar surface area (TPSA) is 123 Å². The molecule has 3 aromatic heterocycles. The second kappa shape index (κ2) is 10.3. The van der Waals surface area contributed by atoms with E-state index in [1.165, 1.54) is 22.5 Å². The number of amidine groups is 1. The van der Waals surface area contributed by atoms with E-state index in [1.54, 1.807) is 30.6 Å². The molecule has 194 valence electrons. The molecule has 2 N–H and O–H groups in total. The van der Waals surface area contributed by atoms with Gasteiger partial charge in [0.15, 0.2) is 0 Å². The Morgan fingerprint density at radius 2 is 1.89 bits per heavy atom. The maximum Gasteiger partial charge on any atom is 0.451 e. The van der Waals surface area contributed by atoms with Gasteiger partial charge in [-0.15, -0.1) is 0 Å². The molecule has 1 aromatic carbocycles. The first-order valence-corrected chi connectivity index (χ1v) is 11.2. The van der Waals surface area contributed by atoms with Gasteiger partial charge in [0, 0.05) is 49.4 Å². The molecule has 0 fully saturated rings. The van der Waals surface area contributed by atoms with E-state index >= 15 is 0 Å². The molecule has 1 atom stereocenters. The second-order valence-electron chi connectivity index (χ2n) is 8.08. The number of para-hydroxylation sites is 1. The molecular formula is C25H21F4N9. The van der Waals surface area contributed by atoms with Crippen molar-refractivity contribution in [2.45, 2.75) is 25.4 Å². The first-order chi connectivity index (χ1) is 18.2. The molecule has 38 heavy (non-hydrogen) atoms. The Hall–Kier alpha value is -4.86. The van der Waals surface area contributed by atoms with Crippen LogP contribution in [0.3, 0.4) is 0 Å². The van der Waals surface area contributed by atoms with Gasteiger partial charge in [-0.25, -0.2) is 23.7 Å². The fraction of sp³-hybridized carbons (Fsp3) is 0.200. The normalized spacial score (nSPS) is 12.8. The standard InChI is InChI=1S/C25H21F4N9/c1-4-16(15-12-36-37(13-15)19-8-6-5-7-18(19)26)21-17(9-30)20(22(23(31)32-2)38(21)33-3)14-10-34-24(35-11-14)25(27,28)29/h5-8,10-13,16H,3-4H2,1-2H3,(H2,31,32). The minimum atomic E-state index is -4.74. The van der Waals surface area contributed by atoms with Gasteiger partial charge >= 0.3 is 6.18 Å². The molecule has 0 amide bonds. The van der Waals surface area contributed by atoms with Gasteiger partial charge in [-0.05, 0) is 24.1 Å². The Morgan fingerprint density at radius 1 is 1.21 bits per heavy atom. The molecule has 0 saturated heterocycles. The molecule has 4 aromatic rings. The summed E-state index contributed by atoms with van der Waals surface area (Å²) >= 11 is 0. The van der Waals surface area contributed by atoms with Gasteiger partial charge in [0.05, 0.1) is 17.5 Å². The first-order valence-electron chi connectivity index (χ1n) is 11.2. The van der Waals surface area contributed by atoms with Crippen molar-refractivity contribution in [2.75, 3.05) is 7.05 Å². The highest BCUT2D eigenvalue weighted by molar-refractivity contribution is 6.04. The van der Waals surface area contributed by atoms with Gasteiger partial charge < -0.3 is 5.73 Å². The van der Waals surface area contributed by atoms with Crippen molar-refractivity contribution >= 4 is 12.6 Å². The number of hydrogen-bond acceptors (Lipinski definition) is 6. The summed E-state index contributed by atoms with van der Waals surface area (Å²) in [6.07, 6.45) is 0.809. The van der Waals surface area contributed by atoms with E-state index in [0.717, 1.165) is 12.4 Å². The Balaban J connectivity index is 1.95. The van der Waals surface area contributed by atoms with E-state index in [-0.39, 0.29) is 33.9 Å². The molecule has 0 saturated carbocycles. The summed E-state index contributed by atoms with van der Waals surface area (Å²) in [5.41, 5.74) is 7.89. The molecule has 13 heteroatoms. The van der Waals surface area contributed by atoms with E-state index in [0.29, 0.717) is 17.7 Å². The zero-order chi connectivity index (χ0) is 27.6. The number of nitriles is 1. The fourth-order valence-electron chi connectivity index (χ4n) is 4.26. The average Bonchev–Trinajstić information content (AvgIpc) is 3.52. The quantitative estimate of drug-likeness (QED) is 0.217. The van der Waals surface area contributed by atoms with Crippen LogP contribution in [-0.4, -0.2) is 44.0 Å². The van der Waals surface area contributed by atoms with Crippen LogP contribution in [-0.2, 0) is 6.18 Å². The molecule has 0 aliphatic heterocycles. The molecule has 9 nitrogen and oxygen atoms in total. The monoisotopic (exact) mass is 523 g/mol. The number of nitrogens with zero attached hydrogens (tertiary/aromatic N) is 8. The van der Waals surface area contributed by atoms with Crippen LogP contribution in [0.5, 0.6) is 0 Å². The predicted molar refractivity (Wildman–Crippen MR) is 132 cm³/mol. The summed E-state index contributed by atoms with van der Waals surface area (Å²) in [5, 5.41) is 18.6. The van der Waals surface area contributed by atoms with Gasteiger partial charge in [0.25, 0.3) is 0 Å². The zero-order valence-corrected chi connectivity index (χ0v) is 20.3. The number of aromatic nitrogens is 5. The second-order valence-corrected chi connectivity index (χ2v) is 8.08. The van der Waals surface area contributed by atoms with E-state index in [2.05, 4.69) is 37.9 Å². The number of benzene rings is 1. The zero-order valence-electron chi connectivity index (χ0n) is 20.3. The molecule has 0 aliphatic rings. The summed E-state index contributed by atoms with van der Waals surface area (Å²) in [6.45, 7) is 5.48. The number of alkyl halides is 3. The van der Waals surface area contributed by atoms with Gasteiger partial charge in [-0.2, -0.15) is 28.6 Å². The van der Waals surface area contributed by atoms with Crippen LogP contribution < -0.4 is 5.73 Å². The third-order valence-corrected chi connectivity index (χ3v) is 5.96. The fourth-order valence-corrected chi connectivity index (χ4v) is 4.26. The SMILES string of the molecule is C=Nn1c(/C(N)=N\C)c(-c2cnc(C(F)(F)F)nc2)c(C#N)c1C(CC)c1cnn(-c2ccccc2F)c1. The third-order valence-electron chi connectivity index (χ3n) is 5.96. The summed E-state index contributed by atoms with van der Waals surface area (Å²) < 4.78 is 56.3. The Morgan fingerprint density at radius 3 is 2.45 bits per heavy atom. The number of halogens is 4. The van der Waals surface area contributed by atoms with E-state index in [4.69, 9.17) is 5.73 Å². The lowest BCUT2D eigenvalue weighted by atomic mass is 9.91. The van der Waals surface area contributed by atoms with Crippen molar-refractivity contribution in [3.8, 4) is 22.9 Å². The number of rotatable bonds is 7. The van der Waals surface area contributed by atoms with Crippen LogP contribution in [0.15, 0.2) is 59.1 Å². The minimum absolute atomic E-state index is 0.0352. The molecule has 3 heterocycles. The Labute approximate surface area is 214 Å². The maximum atomic E-state index is 14.4. The Bertz CT molecular complexity index is 1560. The molecule has 0 aliphatic carbocycles. The number of hydrogen-bond donors (Lipinski definition) is 1. The molecular weight excluding hydrogens is 502 g/mol. The third kappa shape index (κ3) is 4.52. The van der Waals surface area contributed by atoms with E-state index in [9.17, 15) is 22.8 Å². The van der Waals surface area contributed by atoms with Crippen LogP contribution in [0.1, 0.15) is 47.6 Å². The van der Waals surface area contributed by atoms with Crippen LogP contribution in [0, 0.1) is 17.1 Å². The van der Waals surface area contributed by atoms with Crippen LogP contribution in [0.4, 0.5) is 17.6 Å². The number of aliphatic imine (C=N–C) groups is 1. The number of nitrogens with two attached hydrogens (primary N) is 1. The summed E-state index contributed by atoms with van der Waals surface area (Å²) in [6, 6.07) is 8.25. The lowest BCUT2D eigenvalue weighted by Gasteiger charge is -2.16. The van der Waals surface area contributed by atoms with E-state index < -0.39 is 23.7 Å². The van der Waals surface area contributed by atoms with Crippen molar-refractivity contribution in [1.29, 1.82) is 5.26 Å². The highest BCUT2D eigenvalue weighted by Gasteiger charge is 2.36. The van der Waals surface area contributed by atoms with Crippen molar-refractivity contribution < 1.29 is 17.6 Å². The smallest absolute Gasteiger partial charge is 0.382 e. The highest BCUT2D eigenvalue weighted by Crippen LogP contribution is 2.40. The maximum absolute atomic E-state index is 14.4. The highest BCUT2D eigenvalue weighted by atomic mass is 19.4. The summed E-state index contributed by atoms with van der Waals surface area (Å²) in [4.78, 5) is 10.9. The first kappa shape index (κ1) is 26.2. The van der Waals surface area contributed by atoms with Crippen LogP contribution >= 0.6 is 0 Å². The molecule has 1 unspecified atom stereocenters. The van der Waals surface area contributed by atoms with Gasteiger partial charge in [0.1, 0.15) is 29.1 Å². The van der Waals surface area contributed by atoms with Crippen LogP contribution in [0.25, 0.3) is 16.8 Å². The van der Waals surface area contributed by atoms with Gasteiger partial charge in [-0.3, -0.25) is 4.99 Å². The van der Waals surface area contributed by atoms with Crippen LogP contribution in [0.2, 0.25) is 0 Å². The molecule has 0 spiro atoms. The predicted octanol–water partition coefficient (Wildman–Crippen LogP) is 4.50. The van der Waals surface area contributed by atoms with Gasteiger partial charge in [-0.1, -0.05) is 19.1 Å². The van der Waals surface area contributed by atoms with Crippen molar-refractivity contribution in [2.24, 2.45) is 15.8 Å². The lowest BCUT2D eigenvalue weighted by molar-refractivity contribution is -0.144. The van der Waals surface area contributed by atoms with Crippen molar-refractivity contribution in [3.63, 3.8) is 0 Å². The van der Waals surface area contributed by atoms with Crippen molar-refractivity contribution in [1.82, 2.24) is 24.4 Å². The molecule has 4 rings (SSSR count). The summed E-state index contributed by atoms with van der Waals surface area (Å²) in [7, 11) is 1.42. The largest absolute Gasteiger partial charge is 0.451 e. The minimum Gasteiger partial charge on any atom is -0.382 e. The lowest BCUT2D eigenvalue weighted by Crippen LogP contribution is -2.19. The Kier molecular flexibility index (Phi) is 7.07. The molecule has 0 radical (unpaired) electrons. The summed E-state index contributed by atoms with van der Waals surface area (Å²) in [5.74, 6) is -2.34. The average molecular weight is 523 g/mol. The van der Waals surface area contributed by atoms with E-state index in [1.807, 2.05) is 6.92 Å².